The lowest BCUT2D eigenvalue weighted by molar-refractivity contribution is -0.154. The summed E-state index contributed by atoms with van der Waals surface area (Å²) in [5, 5.41) is 13.2. The number of halogens is 4. The number of aromatic nitrogens is 2. The summed E-state index contributed by atoms with van der Waals surface area (Å²) in [4.78, 5) is 11.3. The summed E-state index contributed by atoms with van der Waals surface area (Å²) in [5.41, 5.74) is -0.00617. The van der Waals surface area contributed by atoms with Crippen LogP contribution in [0.3, 0.4) is 0 Å². The van der Waals surface area contributed by atoms with Crippen LogP contribution in [0.5, 0.6) is 5.75 Å². The van der Waals surface area contributed by atoms with E-state index in [1.165, 1.54) is 36.5 Å². The fourth-order valence-corrected chi connectivity index (χ4v) is 2.20. The molecule has 0 aliphatic carbocycles. The van der Waals surface area contributed by atoms with Gasteiger partial charge in [0.15, 0.2) is 12.3 Å². The molecule has 0 aliphatic heterocycles. The Hall–Kier alpha value is -2.62. The van der Waals surface area contributed by atoms with E-state index < -0.39 is 31.0 Å². The van der Waals surface area contributed by atoms with Crippen molar-refractivity contribution in [1.82, 2.24) is 9.78 Å². The number of alkyl halides is 4. The molecule has 0 saturated heterocycles. The summed E-state index contributed by atoms with van der Waals surface area (Å²) in [6.07, 6.45) is -7.44. The van der Waals surface area contributed by atoms with Gasteiger partial charge in [0.2, 0.25) is 0 Å². The first-order valence-electron chi connectivity index (χ1n) is 7.42. The first-order valence-corrected chi connectivity index (χ1v) is 7.42. The summed E-state index contributed by atoms with van der Waals surface area (Å²) in [6, 6.07) is 6.98. The van der Waals surface area contributed by atoms with E-state index in [4.69, 9.17) is 4.74 Å². The highest BCUT2D eigenvalue weighted by Crippen LogP contribution is 2.31. The standard InChI is InChI=1S/C16H16F4N2O4/c1-25-15(24)14(23)13(17)11-4-2-3-5-12(11)26-8-10-6-7-21-22(10)9-16(18,19)20/h2-7,13-14,23H,8-9H2,1H3/t13-,14?/m1/s1. The number of aliphatic hydroxyl groups excluding tert-OH is 1. The Morgan fingerprint density at radius 3 is 2.65 bits per heavy atom. The van der Waals surface area contributed by atoms with E-state index >= 15 is 0 Å². The van der Waals surface area contributed by atoms with Crippen molar-refractivity contribution in [2.75, 3.05) is 7.11 Å². The minimum Gasteiger partial charge on any atom is -0.487 e. The molecule has 0 saturated carbocycles. The maximum absolute atomic E-state index is 14.4. The highest BCUT2D eigenvalue weighted by atomic mass is 19.4. The van der Waals surface area contributed by atoms with E-state index in [0.29, 0.717) is 0 Å². The molecule has 6 nitrogen and oxygen atoms in total. The van der Waals surface area contributed by atoms with Crippen molar-refractivity contribution in [2.24, 2.45) is 0 Å². The van der Waals surface area contributed by atoms with Crippen molar-refractivity contribution in [1.29, 1.82) is 0 Å². The van der Waals surface area contributed by atoms with Gasteiger partial charge in [0.25, 0.3) is 0 Å². The minimum absolute atomic E-state index is 0.0253. The topological polar surface area (TPSA) is 73.6 Å². The predicted octanol–water partition coefficient (Wildman–Crippen LogP) is 2.57. The molecule has 0 aliphatic rings. The number of esters is 1. The van der Waals surface area contributed by atoms with Crippen LogP contribution < -0.4 is 4.74 Å². The second-order valence-corrected chi connectivity index (χ2v) is 5.29. The molecule has 0 spiro atoms. The first kappa shape index (κ1) is 19.7. The van der Waals surface area contributed by atoms with Crippen LogP contribution in [0, 0.1) is 0 Å². The molecular formula is C16H16F4N2O4. The highest BCUT2D eigenvalue weighted by Gasteiger charge is 2.31. The van der Waals surface area contributed by atoms with Crippen molar-refractivity contribution in [3.8, 4) is 5.75 Å². The van der Waals surface area contributed by atoms with E-state index in [9.17, 15) is 27.5 Å². The molecule has 2 rings (SSSR count). The van der Waals surface area contributed by atoms with Gasteiger partial charge < -0.3 is 14.6 Å². The van der Waals surface area contributed by atoms with Crippen LogP contribution in [0.15, 0.2) is 36.5 Å². The van der Waals surface area contributed by atoms with E-state index in [1.807, 2.05) is 0 Å². The van der Waals surface area contributed by atoms with Crippen LogP contribution in [0.1, 0.15) is 17.4 Å². The van der Waals surface area contributed by atoms with Crippen molar-refractivity contribution in [2.45, 2.75) is 31.6 Å². The molecule has 1 aromatic carbocycles. The molecule has 2 aromatic rings. The number of rotatable bonds is 7. The lowest BCUT2D eigenvalue weighted by atomic mass is 10.0. The summed E-state index contributed by atoms with van der Waals surface area (Å²) >= 11 is 0. The first-order chi connectivity index (χ1) is 12.2. The van der Waals surface area contributed by atoms with E-state index in [-0.39, 0.29) is 23.6 Å². The number of benzene rings is 1. The quantitative estimate of drug-likeness (QED) is 0.594. The van der Waals surface area contributed by atoms with Crippen LogP contribution in [-0.2, 0) is 22.7 Å². The summed E-state index contributed by atoms with van der Waals surface area (Å²) in [7, 11) is 1.00. The van der Waals surface area contributed by atoms with Crippen molar-refractivity contribution < 1.29 is 36.9 Å². The molecule has 1 unspecified atom stereocenters. The van der Waals surface area contributed by atoms with Gasteiger partial charge in [-0.2, -0.15) is 18.3 Å². The van der Waals surface area contributed by atoms with Crippen molar-refractivity contribution in [3.05, 3.63) is 47.8 Å². The SMILES string of the molecule is COC(=O)C(O)[C@H](F)c1ccccc1OCc1ccnn1CC(F)(F)F. The summed E-state index contributed by atoms with van der Waals surface area (Å²) in [6.45, 7) is -1.60. The van der Waals surface area contributed by atoms with Crippen LogP contribution >= 0.6 is 0 Å². The van der Waals surface area contributed by atoms with Crippen LogP contribution in [0.25, 0.3) is 0 Å². The van der Waals surface area contributed by atoms with Crippen LogP contribution in [0.2, 0.25) is 0 Å². The average Bonchev–Trinajstić information content (AvgIpc) is 3.03. The second kappa shape index (κ2) is 8.17. The van der Waals surface area contributed by atoms with Gasteiger partial charge >= 0.3 is 12.1 Å². The molecule has 0 amide bonds. The van der Waals surface area contributed by atoms with Crippen molar-refractivity contribution in [3.63, 3.8) is 0 Å². The maximum atomic E-state index is 14.4. The van der Waals surface area contributed by atoms with Gasteiger partial charge in [-0.1, -0.05) is 18.2 Å². The number of ether oxygens (including phenoxy) is 2. The molecular weight excluding hydrogens is 360 g/mol. The number of methoxy groups -OCH3 is 1. The fraction of sp³-hybridized carbons (Fsp3) is 0.375. The third-order valence-corrected chi connectivity index (χ3v) is 3.45. The Morgan fingerprint density at radius 1 is 1.31 bits per heavy atom. The van der Waals surface area contributed by atoms with Gasteiger partial charge in [-0.25, -0.2) is 9.18 Å². The third-order valence-electron chi connectivity index (χ3n) is 3.45. The Balaban J connectivity index is 2.15. The Labute approximate surface area is 145 Å². The number of nitrogens with zero attached hydrogens (tertiary/aromatic N) is 2. The molecule has 1 heterocycles. The predicted molar refractivity (Wildman–Crippen MR) is 80.9 cm³/mol. The van der Waals surface area contributed by atoms with Gasteiger partial charge in [0.05, 0.1) is 12.8 Å². The van der Waals surface area contributed by atoms with Gasteiger partial charge in [0, 0.05) is 11.8 Å². The van der Waals surface area contributed by atoms with E-state index in [1.54, 1.807) is 0 Å². The normalized spacial score (nSPS) is 13.9. The Morgan fingerprint density at radius 2 is 2.00 bits per heavy atom. The molecule has 1 aromatic heterocycles. The lowest BCUT2D eigenvalue weighted by Gasteiger charge is -2.18. The zero-order chi connectivity index (χ0) is 19.3. The number of aliphatic hydroxyl groups is 1. The van der Waals surface area contributed by atoms with E-state index in [2.05, 4.69) is 9.84 Å². The lowest BCUT2D eigenvalue weighted by Crippen LogP contribution is -2.27. The molecule has 0 radical (unpaired) electrons. The maximum Gasteiger partial charge on any atom is 0.408 e. The Kier molecular flexibility index (Phi) is 6.19. The molecule has 0 fully saturated rings. The largest absolute Gasteiger partial charge is 0.487 e. The monoisotopic (exact) mass is 376 g/mol. The zero-order valence-electron chi connectivity index (χ0n) is 13.6. The number of para-hydroxylation sites is 1. The summed E-state index contributed by atoms with van der Waals surface area (Å²) in [5.74, 6) is -1.18. The second-order valence-electron chi connectivity index (χ2n) is 5.29. The van der Waals surface area contributed by atoms with Crippen LogP contribution in [0.4, 0.5) is 17.6 Å². The average molecular weight is 376 g/mol. The van der Waals surface area contributed by atoms with Gasteiger partial charge in [-0.05, 0) is 12.1 Å². The number of hydrogen-bond acceptors (Lipinski definition) is 5. The fourth-order valence-electron chi connectivity index (χ4n) is 2.20. The molecule has 26 heavy (non-hydrogen) atoms. The minimum atomic E-state index is -4.45. The molecule has 1 N–H and O–H groups in total. The molecule has 2 atom stereocenters. The highest BCUT2D eigenvalue weighted by molar-refractivity contribution is 5.75. The smallest absolute Gasteiger partial charge is 0.408 e. The van der Waals surface area contributed by atoms with Gasteiger partial charge in [0.1, 0.15) is 18.9 Å². The molecule has 0 bridgehead atoms. The molecule has 10 heteroatoms. The van der Waals surface area contributed by atoms with Crippen molar-refractivity contribution >= 4 is 5.97 Å². The van der Waals surface area contributed by atoms with E-state index in [0.717, 1.165) is 11.8 Å². The van der Waals surface area contributed by atoms with Gasteiger partial charge in [-0.15, -0.1) is 0 Å². The number of carbonyl (C=O) groups excluding carboxylic acids is 1. The number of carbonyl (C=O) groups is 1. The van der Waals surface area contributed by atoms with Gasteiger partial charge in [-0.3, -0.25) is 4.68 Å². The Bertz CT molecular complexity index is 748. The van der Waals surface area contributed by atoms with Crippen LogP contribution in [-0.4, -0.2) is 40.2 Å². The summed E-state index contributed by atoms with van der Waals surface area (Å²) < 4.78 is 62.3. The molecule has 142 valence electrons. The third kappa shape index (κ3) is 4.94. The number of hydrogen-bond donors (Lipinski definition) is 1. The zero-order valence-corrected chi connectivity index (χ0v) is 13.6.